The van der Waals surface area contributed by atoms with Crippen LogP contribution in [0.25, 0.3) is 6.08 Å². The van der Waals surface area contributed by atoms with Gasteiger partial charge < -0.3 is 4.74 Å². The Kier molecular flexibility index (Phi) is 4.67. The monoisotopic (exact) mass is 280 g/mol. The molecule has 0 radical (unpaired) electrons. The molecule has 3 nitrogen and oxygen atoms in total. The van der Waals surface area contributed by atoms with Gasteiger partial charge in [-0.15, -0.1) is 0 Å². The lowest BCUT2D eigenvalue weighted by atomic mass is 10.1. The highest BCUT2D eigenvalue weighted by molar-refractivity contribution is 5.99. The van der Waals surface area contributed by atoms with Gasteiger partial charge in [-0.3, -0.25) is 9.59 Å². The van der Waals surface area contributed by atoms with E-state index in [1.165, 1.54) is 6.92 Å². The molecule has 21 heavy (non-hydrogen) atoms. The summed E-state index contributed by atoms with van der Waals surface area (Å²) in [7, 11) is 0. The Bertz CT molecular complexity index is 672. The first-order valence-corrected chi connectivity index (χ1v) is 6.60. The second kappa shape index (κ2) is 6.66. The SMILES string of the molecule is C=Cc1ccc(OCC(=O)c2ccccc2)c(C(C)=O)c1. The number of carbonyl (C=O) groups excluding carboxylic acids is 2. The lowest BCUT2D eigenvalue weighted by Crippen LogP contribution is -2.13. The zero-order chi connectivity index (χ0) is 15.2. The van der Waals surface area contributed by atoms with E-state index >= 15 is 0 Å². The maximum atomic E-state index is 12.0. The molecule has 0 aliphatic carbocycles. The van der Waals surface area contributed by atoms with Crippen LogP contribution in [0.1, 0.15) is 33.2 Å². The van der Waals surface area contributed by atoms with Crippen LogP contribution in [0.5, 0.6) is 5.75 Å². The minimum absolute atomic E-state index is 0.0995. The van der Waals surface area contributed by atoms with Crippen molar-refractivity contribution < 1.29 is 14.3 Å². The highest BCUT2D eigenvalue weighted by Gasteiger charge is 2.12. The number of hydrogen-bond acceptors (Lipinski definition) is 3. The molecule has 0 bridgehead atoms. The van der Waals surface area contributed by atoms with Gasteiger partial charge in [0.25, 0.3) is 0 Å². The molecule has 0 fully saturated rings. The Morgan fingerprint density at radius 2 is 1.86 bits per heavy atom. The van der Waals surface area contributed by atoms with Gasteiger partial charge in [0.1, 0.15) is 5.75 Å². The van der Waals surface area contributed by atoms with Crippen molar-refractivity contribution in [1.82, 2.24) is 0 Å². The van der Waals surface area contributed by atoms with Gasteiger partial charge >= 0.3 is 0 Å². The molecule has 0 unspecified atom stereocenters. The Labute approximate surface area is 123 Å². The molecule has 0 N–H and O–H groups in total. The Morgan fingerprint density at radius 1 is 1.14 bits per heavy atom. The average molecular weight is 280 g/mol. The van der Waals surface area contributed by atoms with Crippen LogP contribution in [-0.4, -0.2) is 18.2 Å². The van der Waals surface area contributed by atoms with E-state index in [1.807, 2.05) is 6.07 Å². The summed E-state index contributed by atoms with van der Waals surface area (Å²) in [6.45, 7) is 5.04. The summed E-state index contributed by atoms with van der Waals surface area (Å²) in [4.78, 5) is 23.6. The maximum absolute atomic E-state index is 12.0. The first-order valence-electron chi connectivity index (χ1n) is 6.60. The van der Waals surface area contributed by atoms with Gasteiger partial charge in [0.15, 0.2) is 18.2 Å². The molecule has 0 spiro atoms. The number of Topliss-reactive ketones (excluding diaryl/α,β-unsaturated/α-hetero) is 2. The standard InChI is InChI=1S/C18H16O3/c1-3-14-9-10-18(16(11-14)13(2)19)21-12-17(20)15-7-5-4-6-8-15/h3-11H,1,12H2,2H3. The van der Waals surface area contributed by atoms with Crippen LogP contribution in [-0.2, 0) is 0 Å². The molecule has 0 saturated carbocycles. The molecule has 106 valence electrons. The highest BCUT2D eigenvalue weighted by Crippen LogP contribution is 2.21. The molecule has 2 rings (SSSR count). The van der Waals surface area contributed by atoms with Crippen molar-refractivity contribution in [2.45, 2.75) is 6.92 Å². The van der Waals surface area contributed by atoms with E-state index in [0.29, 0.717) is 16.9 Å². The van der Waals surface area contributed by atoms with Gasteiger partial charge in [0.2, 0.25) is 0 Å². The third kappa shape index (κ3) is 3.66. The van der Waals surface area contributed by atoms with Gasteiger partial charge in [0, 0.05) is 5.56 Å². The van der Waals surface area contributed by atoms with E-state index in [4.69, 9.17) is 4.74 Å². The number of ether oxygens (including phenoxy) is 1. The number of hydrogen-bond donors (Lipinski definition) is 0. The van der Waals surface area contributed by atoms with Crippen LogP contribution < -0.4 is 4.74 Å². The minimum atomic E-state index is -0.127. The van der Waals surface area contributed by atoms with E-state index < -0.39 is 0 Å². The van der Waals surface area contributed by atoms with Crippen molar-refractivity contribution in [2.24, 2.45) is 0 Å². The number of ketones is 2. The lowest BCUT2D eigenvalue weighted by molar-refractivity contribution is 0.0913. The van der Waals surface area contributed by atoms with Crippen molar-refractivity contribution in [1.29, 1.82) is 0 Å². The molecule has 0 aliphatic heterocycles. The van der Waals surface area contributed by atoms with E-state index in [9.17, 15) is 9.59 Å². The molecular weight excluding hydrogens is 264 g/mol. The fourth-order valence-corrected chi connectivity index (χ4v) is 1.93. The molecule has 2 aromatic carbocycles. The molecule has 0 aliphatic rings. The number of carbonyl (C=O) groups is 2. The fraction of sp³-hybridized carbons (Fsp3) is 0.111. The van der Waals surface area contributed by atoms with Crippen LogP contribution in [0.4, 0.5) is 0 Å². The smallest absolute Gasteiger partial charge is 0.200 e. The number of rotatable bonds is 6. The molecule has 2 aromatic rings. The second-order valence-electron chi connectivity index (χ2n) is 4.59. The van der Waals surface area contributed by atoms with Crippen LogP contribution in [0.2, 0.25) is 0 Å². The quantitative estimate of drug-likeness (QED) is 0.756. The summed E-state index contributed by atoms with van der Waals surface area (Å²) in [5.74, 6) is 0.177. The maximum Gasteiger partial charge on any atom is 0.200 e. The van der Waals surface area contributed by atoms with Crippen molar-refractivity contribution in [3.8, 4) is 5.75 Å². The molecule has 0 atom stereocenters. The summed E-state index contributed by atoms with van der Waals surface area (Å²) in [5, 5.41) is 0. The molecule has 0 aromatic heterocycles. The summed E-state index contributed by atoms with van der Waals surface area (Å²) in [6.07, 6.45) is 1.66. The Hall–Kier alpha value is -2.68. The zero-order valence-electron chi connectivity index (χ0n) is 11.8. The highest BCUT2D eigenvalue weighted by atomic mass is 16.5. The Balaban J connectivity index is 2.15. The van der Waals surface area contributed by atoms with Gasteiger partial charge in [-0.1, -0.05) is 49.1 Å². The molecular formula is C18H16O3. The second-order valence-corrected chi connectivity index (χ2v) is 4.59. The molecule has 0 heterocycles. The molecule has 3 heteroatoms. The van der Waals surface area contributed by atoms with Crippen LogP contribution in [0, 0.1) is 0 Å². The Morgan fingerprint density at radius 3 is 2.48 bits per heavy atom. The lowest BCUT2D eigenvalue weighted by Gasteiger charge is -2.10. The summed E-state index contributed by atoms with van der Waals surface area (Å²) >= 11 is 0. The van der Waals surface area contributed by atoms with Gasteiger partial charge in [0.05, 0.1) is 5.56 Å². The van der Waals surface area contributed by atoms with Gasteiger partial charge in [-0.25, -0.2) is 0 Å². The fourth-order valence-electron chi connectivity index (χ4n) is 1.93. The third-order valence-corrected chi connectivity index (χ3v) is 3.07. The molecule has 0 saturated heterocycles. The topological polar surface area (TPSA) is 43.4 Å². The van der Waals surface area contributed by atoms with E-state index in [2.05, 4.69) is 6.58 Å². The molecule has 0 amide bonds. The van der Waals surface area contributed by atoms with Crippen LogP contribution in [0.3, 0.4) is 0 Å². The summed E-state index contributed by atoms with van der Waals surface area (Å²) < 4.78 is 5.51. The van der Waals surface area contributed by atoms with Crippen molar-refractivity contribution in [2.75, 3.05) is 6.61 Å². The van der Waals surface area contributed by atoms with Crippen molar-refractivity contribution in [3.63, 3.8) is 0 Å². The minimum Gasteiger partial charge on any atom is -0.485 e. The first-order chi connectivity index (χ1) is 10.1. The third-order valence-electron chi connectivity index (χ3n) is 3.07. The largest absolute Gasteiger partial charge is 0.485 e. The van der Waals surface area contributed by atoms with E-state index in [-0.39, 0.29) is 18.2 Å². The van der Waals surface area contributed by atoms with E-state index in [0.717, 1.165) is 5.56 Å². The predicted molar refractivity (Wildman–Crippen MR) is 82.8 cm³/mol. The summed E-state index contributed by atoms with van der Waals surface area (Å²) in [5.41, 5.74) is 1.87. The zero-order valence-corrected chi connectivity index (χ0v) is 11.8. The van der Waals surface area contributed by atoms with E-state index in [1.54, 1.807) is 48.5 Å². The summed E-state index contributed by atoms with van der Waals surface area (Å²) in [6, 6.07) is 14.1. The van der Waals surface area contributed by atoms with Crippen molar-refractivity contribution in [3.05, 3.63) is 71.8 Å². The first kappa shape index (κ1) is 14.7. The van der Waals surface area contributed by atoms with Gasteiger partial charge in [-0.05, 0) is 24.6 Å². The normalized spacial score (nSPS) is 9.95. The number of benzene rings is 2. The van der Waals surface area contributed by atoms with Gasteiger partial charge in [-0.2, -0.15) is 0 Å². The van der Waals surface area contributed by atoms with Crippen LogP contribution >= 0.6 is 0 Å². The van der Waals surface area contributed by atoms with Crippen LogP contribution in [0.15, 0.2) is 55.1 Å². The average Bonchev–Trinajstić information content (AvgIpc) is 2.53. The predicted octanol–water partition coefficient (Wildman–Crippen LogP) is 3.79. The van der Waals surface area contributed by atoms with Crippen molar-refractivity contribution >= 4 is 17.6 Å².